The van der Waals surface area contributed by atoms with E-state index in [4.69, 9.17) is 9.47 Å². The molecule has 0 saturated carbocycles. The summed E-state index contributed by atoms with van der Waals surface area (Å²) in [4.78, 5) is 52.7. The fraction of sp³-hybridized carbons (Fsp3) is 0.308. The average Bonchev–Trinajstić information content (AvgIpc) is 3.12. The minimum Gasteiger partial charge on any atom is -0.497 e. The van der Waals surface area contributed by atoms with E-state index in [-0.39, 0.29) is 18.2 Å². The molecular weight excluding hydrogens is 436 g/mol. The molecule has 0 aromatic heterocycles. The second-order valence-electron chi connectivity index (χ2n) is 8.29. The first-order valence-corrected chi connectivity index (χ1v) is 11.1. The van der Waals surface area contributed by atoms with Crippen molar-refractivity contribution in [1.29, 1.82) is 0 Å². The van der Waals surface area contributed by atoms with Gasteiger partial charge in [0.15, 0.2) is 6.61 Å². The van der Waals surface area contributed by atoms with Gasteiger partial charge in [-0.05, 0) is 42.7 Å². The number of anilines is 1. The van der Waals surface area contributed by atoms with Gasteiger partial charge in [0.2, 0.25) is 11.8 Å². The molecule has 1 saturated heterocycles. The van der Waals surface area contributed by atoms with Crippen LogP contribution in [-0.4, -0.2) is 48.3 Å². The minimum atomic E-state index is -1.14. The van der Waals surface area contributed by atoms with Crippen molar-refractivity contribution in [2.45, 2.75) is 25.3 Å². The molecule has 2 aromatic carbocycles. The van der Waals surface area contributed by atoms with Crippen LogP contribution in [0.4, 0.5) is 5.69 Å². The zero-order valence-corrected chi connectivity index (χ0v) is 18.8. The van der Waals surface area contributed by atoms with E-state index in [1.807, 2.05) is 42.5 Å². The number of fused-ring (bicyclic) bond motifs is 1. The Kier molecular flexibility index (Phi) is 7.06. The van der Waals surface area contributed by atoms with E-state index in [9.17, 15) is 19.2 Å². The number of hydrogen-bond donors (Lipinski definition) is 1. The molecule has 176 valence electrons. The highest BCUT2D eigenvalue weighted by Crippen LogP contribution is 2.36. The van der Waals surface area contributed by atoms with Gasteiger partial charge in [0, 0.05) is 12.1 Å². The number of likely N-dealkylation sites (tertiary alicyclic amines) is 1. The summed E-state index contributed by atoms with van der Waals surface area (Å²) < 4.78 is 10.4. The van der Waals surface area contributed by atoms with E-state index in [2.05, 4.69) is 5.32 Å². The number of carbonyl (C=O) groups is 4. The number of benzene rings is 2. The summed E-state index contributed by atoms with van der Waals surface area (Å²) >= 11 is 0. The standard InChI is InChI=1S/C26H26N2O6/c1-33-19-13-11-18(12-14-19)27-23(29)16-34-26(32)22(15-17-7-3-2-4-8-17)28-24(30)20-9-5-6-10-21(20)25(28)31/h2-8,11-14,20-22H,9-10,15-16H2,1H3,(H,27,29)/t20-,21+,22-/m1/s1. The smallest absolute Gasteiger partial charge is 0.330 e. The number of amides is 3. The monoisotopic (exact) mass is 462 g/mol. The first kappa shape index (κ1) is 23.2. The molecular formula is C26H26N2O6. The van der Waals surface area contributed by atoms with Gasteiger partial charge in [0.05, 0.1) is 18.9 Å². The highest BCUT2D eigenvalue weighted by Gasteiger charge is 2.51. The summed E-state index contributed by atoms with van der Waals surface area (Å²) in [5, 5.41) is 2.64. The molecule has 0 spiro atoms. The Morgan fingerprint density at radius 1 is 0.971 bits per heavy atom. The van der Waals surface area contributed by atoms with Gasteiger partial charge in [-0.3, -0.25) is 19.3 Å². The summed E-state index contributed by atoms with van der Waals surface area (Å²) in [5.74, 6) is -2.32. The zero-order chi connectivity index (χ0) is 24.1. The molecule has 8 nitrogen and oxygen atoms in total. The van der Waals surface area contributed by atoms with Gasteiger partial charge in [-0.1, -0.05) is 42.5 Å². The predicted molar refractivity (Wildman–Crippen MR) is 124 cm³/mol. The average molecular weight is 463 g/mol. The number of nitrogens with zero attached hydrogens (tertiary/aromatic N) is 1. The van der Waals surface area contributed by atoms with Gasteiger partial charge in [-0.15, -0.1) is 0 Å². The Morgan fingerprint density at radius 2 is 1.59 bits per heavy atom. The largest absolute Gasteiger partial charge is 0.497 e. The molecule has 3 amide bonds. The SMILES string of the molecule is COc1ccc(NC(=O)COC(=O)[C@@H](Cc2ccccc2)N2C(=O)[C@H]3CC=CC[C@H]3C2=O)cc1. The van der Waals surface area contributed by atoms with Gasteiger partial charge in [-0.2, -0.15) is 0 Å². The molecule has 4 rings (SSSR count). The van der Waals surface area contributed by atoms with Crippen LogP contribution in [0.3, 0.4) is 0 Å². The van der Waals surface area contributed by atoms with E-state index in [0.717, 1.165) is 10.5 Å². The molecule has 1 N–H and O–H groups in total. The number of carbonyl (C=O) groups excluding carboxylic acids is 4. The highest BCUT2D eigenvalue weighted by atomic mass is 16.5. The van der Waals surface area contributed by atoms with Gasteiger partial charge in [-0.25, -0.2) is 4.79 Å². The second kappa shape index (κ2) is 10.3. The first-order chi connectivity index (χ1) is 16.5. The number of rotatable bonds is 8. The van der Waals surface area contributed by atoms with E-state index < -0.39 is 36.4 Å². The van der Waals surface area contributed by atoms with Crippen LogP contribution >= 0.6 is 0 Å². The lowest BCUT2D eigenvalue weighted by atomic mass is 9.85. The van der Waals surface area contributed by atoms with Crippen molar-refractivity contribution >= 4 is 29.4 Å². The molecule has 1 heterocycles. The third-order valence-corrected chi connectivity index (χ3v) is 6.12. The topological polar surface area (TPSA) is 102 Å². The number of esters is 1. The van der Waals surface area contributed by atoms with E-state index in [1.54, 1.807) is 31.4 Å². The van der Waals surface area contributed by atoms with Crippen molar-refractivity contribution in [1.82, 2.24) is 4.90 Å². The molecule has 8 heteroatoms. The molecule has 34 heavy (non-hydrogen) atoms. The molecule has 1 aliphatic heterocycles. The fourth-order valence-corrected chi connectivity index (χ4v) is 4.35. The Balaban J connectivity index is 1.46. The Hall–Kier alpha value is -3.94. The first-order valence-electron chi connectivity index (χ1n) is 11.1. The predicted octanol–water partition coefficient (Wildman–Crippen LogP) is 2.74. The summed E-state index contributed by atoms with van der Waals surface area (Å²) in [6.07, 6.45) is 4.85. The summed E-state index contributed by atoms with van der Waals surface area (Å²) in [5.41, 5.74) is 1.30. The summed E-state index contributed by atoms with van der Waals surface area (Å²) in [7, 11) is 1.54. The number of allylic oxidation sites excluding steroid dienone is 2. The van der Waals surface area contributed by atoms with Crippen molar-refractivity contribution in [3.05, 3.63) is 72.3 Å². The normalized spacial score (nSPS) is 20.0. The molecule has 1 aliphatic carbocycles. The van der Waals surface area contributed by atoms with Crippen LogP contribution in [0.25, 0.3) is 0 Å². The van der Waals surface area contributed by atoms with E-state index >= 15 is 0 Å². The van der Waals surface area contributed by atoms with Crippen molar-refractivity contribution in [3.8, 4) is 5.75 Å². The molecule has 2 aliphatic rings. The number of hydrogen-bond acceptors (Lipinski definition) is 6. The molecule has 0 unspecified atom stereocenters. The van der Waals surface area contributed by atoms with Gasteiger partial charge in [0.1, 0.15) is 11.8 Å². The maximum Gasteiger partial charge on any atom is 0.330 e. The summed E-state index contributed by atoms with van der Waals surface area (Å²) in [6.45, 7) is -0.541. The maximum atomic E-state index is 13.1. The van der Waals surface area contributed by atoms with Crippen LogP contribution in [0.2, 0.25) is 0 Å². The van der Waals surface area contributed by atoms with Crippen LogP contribution in [0.15, 0.2) is 66.7 Å². The second-order valence-corrected chi connectivity index (χ2v) is 8.29. The number of ether oxygens (including phenoxy) is 2. The Bertz CT molecular complexity index is 1070. The van der Waals surface area contributed by atoms with Gasteiger partial charge in [0.25, 0.3) is 5.91 Å². The Morgan fingerprint density at radius 3 is 2.18 bits per heavy atom. The number of imide groups is 1. The zero-order valence-electron chi connectivity index (χ0n) is 18.8. The molecule has 3 atom stereocenters. The van der Waals surface area contributed by atoms with Crippen LogP contribution < -0.4 is 10.1 Å². The lowest BCUT2D eigenvalue weighted by Gasteiger charge is -2.25. The lowest BCUT2D eigenvalue weighted by molar-refractivity contribution is -0.159. The van der Waals surface area contributed by atoms with Crippen molar-refractivity contribution < 1.29 is 28.7 Å². The van der Waals surface area contributed by atoms with Crippen molar-refractivity contribution in [2.24, 2.45) is 11.8 Å². The molecule has 0 radical (unpaired) electrons. The number of methoxy groups -OCH3 is 1. The van der Waals surface area contributed by atoms with Crippen molar-refractivity contribution in [3.63, 3.8) is 0 Å². The van der Waals surface area contributed by atoms with Crippen LogP contribution in [0.1, 0.15) is 18.4 Å². The highest BCUT2D eigenvalue weighted by molar-refractivity contribution is 6.08. The van der Waals surface area contributed by atoms with Crippen LogP contribution in [0, 0.1) is 11.8 Å². The third-order valence-electron chi connectivity index (χ3n) is 6.12. The summed E-state index contributed by atoms with van der Waals surface area (Å²) in [6, 6.07) is 14.7. The maximum absolute atomic E-state index is 13.1. The molecule has 0 bridgehead atoms. The van der Waals surface area contributed by atoms with E-state index in [0.29, 0.717) is 24.3 Å². The van der Waals surface area contributed by atoms with Gasteiger partial charge >= 0.3 is 5.97 Å². The minimum absolute atomic E-state index is 0.115. The van der Waals surface area contributed by atoms with Gasteiger partial charge < -0.3 is 14.8 Å². The fourth-order valence-electron chi connectivity index (χ4n) is 4.35. The lowest BCUT2D eigenvalue weighted by Crippen LogP contribution is -2.48. The van der Waals surface area contributed by atoms with Crippen LogP contribution in [-0.2, 0) is 30.3 Å². The molecule has 1 fully saturated rings. The Labute approximate surface area is 197 Å². The third kappa shape index (κ3) is 5.01. The van der Waals surface area contributed by atoms with Crippen LogP contribution in [0.5, 0.6) is 5.75 Å². The van der Waals surface area contributed by atoms with E-state index in [1.165, 1.54) is 0 Å². The quantitative estimate of drug-likeness (QED) is 0.368. The molecule has 2 aromatic rings. The van der Waals surface area contributed by atoms with Crippen molar-refractivity contribution in [2.75, 3.05) is 19.0 Å². The number of nitrogens with one attached hydrogen (secondary N) is 1.